The molecule has 0 saturated heterocycles. The third-order valence-electron chi connectivity index (χ3n) is 1.68. The molecule has 0 aliphatic heterocycles. The summed E-state index contributed by atoms with van der Waals surface area (Å²) >= 11 is 0. The quantitative estimate of drug-likeness (QED) is 0.468. The average molecular weight is 166 g/mol. The molecule has 12 heavy (non-hydrogen) atoms. The molecular formula is C8H6O4-2. The summed E-state index contributed by atoms with van der Waals surface area (Å²) in [6.45, 7) is 0. The third kappa shape index (κ3) is 1.53. The lowest BCUT2D eigenvalue weighted by Gasteiger charge is -2.25. The Balaban J connectivity index is 2.85. The van der Waals surface area contributed by atoms with Crippen LogP contribution in [-0.2, 0) is 9.59 Å². The van der Waals surface area contributed by atoms with Gasteiger partial charge in [0.1, 0.15) is 0 Å². The van der Waals surface area contributed by atoms with Crippen molar-refractivity contribution in [2.24, 2.45) is 11.8 Å². The van der Waals surface area contributed by atoms with E-state index in [9.17, 15) is 19.8 Å². The first kappa shape index (κ1) is 8.52. The van der Waals surface area contributed by atoms with E-state index in [0.29, 0.717) is 0 Å². The van der Waals surface area contributed by atoms with Gasteiger partial charge in [0.05, 0.1) is 0 Å². The zero-order valence-electron chi connectivity index (χ0n) is 6.10. The molecule has 0 aromatic rings. The van der Waals surface area contributed by atoms with Crippen molar-refractivity contribution in [2.75, 3.05) is 0 Å². The SMILES string of the molecule is O=C([O-])C1C=CC=CC1C(=O)[O-]. The second-order valence-electron chi connectivity index (χ2n) is 2.46. The fourth-order valence-corrected chi connectivity index (χ4v) is 1.06. The molecule has 0 aromatic carbocycles. The van der Waals surface area contributed by atoms with Gasteiger partial charge in [-0.2, -0.15) is 0 Å². The van der Waals surface area contributed by atoms with Gasteiger partial charge in [-0.25, -0.2) is 0 Å². The number of allylic oxidation sites excluding steroid dienone is 2. The molecule has 0 spiro atoms. The maximum atomic E-state index is 10.4. The predicted octanol–water partition coefficient (Wildman–Crippen LogP) is -2.16. The topological polar surface area (TPSA) is 80.3 Å². The number of carboxylic acids is 2. The molecule has 4 heteroatoms. The Bertz CT molecular complexity index is 236. The minimum atomic E-state index is -1.40. The van der Waals surface area contributed by atoms with Gasteiger partial charge in [-0.05, 0) is 0 Å². The van der Waals surface area contributed by atoms with Gasteiger partial charge in [0.25, 0.3) is 0 Å². The standard InChI is InChI=1S/C8H8O4/c9-7(10)5-3-1-2-4-6(5)8(11)12/h1-6H,(H,9,10)(H,11,12)/p-2. The molecule has 0 aromatic heterocycles. The van der Waals surface area contributed by atoms with Crippen molar-refractivity contribution < 1.29 is 19.8 Å². The van der Waals surface area contributed by atoms with E-state index in [0.717, 1.165) is 0 Å². The van der Waals surface area contributed by atoms with Crippen molar-refractivity contribution in [2.45, 2.75) is 0 Å². The van der Waals surface area contributed by atoms with Crippen LogP contribution in [0.4, 0.5) is 0 Å². The summed E-state index contributed by atoms with van der Waals surface area (Å²) in [6.07, 6.45) is 5.49. The molecule has 1 aliphatic rings. The highest BCUT2D eigenvalue weighted by Crippen LogP contribution is 2.18. The van der Waals surface area contributed by atoms with Crippen LogP contribution in [0.1, 0.15) is 0 Å². The van der Waals surface area contributed by atoms with Crippen molar-refractivity contribution in [3.05, 3.63) is 24.3 Å². The Labute approximate surface area is 68.8 Å². The highest BCUT2D eigenvalue weighted by atomic mass is 16.4. The molecule has 64 valence electrons. The van der Waals surface area contributed by atoms with Crippen molar-refractivity contribution in [3.8, 4) is 0 Å². The fourth-order valence-electron chi connectivity index (χ4n) is 1.06. The first-order valence-corrected chi connectivity index (χ1v) is 3.39. The Morgan fingerprint density at radius 2 is 1.25 bits per heavy atom. The molecule has 0 N–H and O–H groups in total. The number of carboxylic acid groups (broad SMARTS) is 2. The van der Waals surface area contributed by atoms with E-state index in [1.54, 1.807) is 0 Å². The van der Waals surface area contributed by atoms with E-state index in [1.165, 1.54) is 24.3 Å². The van der Waals surface area contributed by atoms with E-state index in [4.69, 9.17) is 0 Å². The normalized spacial score (nSPS) is 27.0. The van der Waals surface area contributed by atoms with E-state index >= 15 is 0 Å². The molecule has 2 unspecified atom stereocenters. The van der Waals surface area contributed by atoms with E-state index < -0.39 is 23.8 Å². The van der Waals surface area contributed by atoms with Crippen LogP contribution in [0.3, 0.4) is 0 Å². The van der Waals surface area contributed by atoms with Gasteiger partial charge in [-0.15, -0.1) is 0 Å². The van der Waals surface area contributed by atoms with Crippen LogP contribution in [-0.4, -0.2) is 11.9 Å². The molecule has 4 nitrogen and oxygen atoms in total. The molecule has 1 aliphatic carbocycles. The van der Waals surface area contributed by atoms with Gasteiger partial charge in [0.15, 0.2) is 0 Å². The predicted molar refractivity (Wildman–Crippen MR) is 35.3 cm³/mol. The molecular weight excluding hydrogens is 160 g/mol. The second kappa shape index (κ2) is 3.21. The van der Waals surface area contributed by atoms with Gasteiger partial charge in [0.2, 0.25) is 0 Å². The highest BCUT2D eigenvalue weighted by molar-refractivity contribution is 5.81. The summed E-state index contributed by atoms with van der Waals surface area (Å²) in [6, 6.07) is 0. The van der Waals surface area contributed by atoms with E-state index in [1.807, 2.05) is 0 Å². The fraction of sp³-hybridized carbons (Fsp3) is 0.250. The number of carbonyl (C=O) groups excluding carboxylic acids is 2. The Morgan fingerprint density at radius 3 is 1.50 bits per heavy atom. The van der Waals surface area contributed by atoms with Crippen molar-refractivity contribution in [3.63, 3.8) is 0 Å². The summed E-state index contributed by atoms with van der Waals surface area (Å²) in [5.41, 5.74) is 0. The number of carbonyl (C=O) groups is 2. The zero-order chi connectivity index (χ0) is 9.14. The summed E-state index contributed by atoms with van der Waals surface area (Å²) in [7, 11) is 0. The van der Waals surface area contributed by atoms with Crippen LogP contribution in [0.25, 0.3) is 0 Å². The molecule has 0 fully saturated rings. The van der Waals surface area contributed by atoms with Crippen LogP contribution in [0.2, 0.25) is 0 Å². The maximum Gasteiger partial charge on any atom is 0.0492 e. The van der Waals surface area contributed by atoms with Gasteiger partial charge < -0.3 is 19.8 Å². The largest absolute Gasteiger partial charge is 0.549 e. The van der Waals surface area contributed by atoms with Crippen molar-refractivity contribution >= 4 is 11.9 Å². The molecule has 0 saturated carbocycles. The van der Waals surface area contributed by atoms with Crippen molar-refractivity contribution in [1.29, 1.82) is 0 Å². The van der Waals surface area contributed by atoms with Gasteiger partial charge in [0, 0.05) is 23.8 Å². The maximum absolute atomic E-state index is 10.4. The smallest absolute Gasteiger partial charge is 0.0492 e. The summed E-state index contributed by atoms with van der Waals surface area (Å²) in [5, 5.41) is 20.8. The number of aliphatic carboxylic acids is 2. The van der Waals surface area contributed by atoms with Gasteiger partial charge >= 0.3 is 0 Å². The Morgan fingerprint density at radius 1 is 0.917 bits per heavy atom. The Kier molecular flexibility index (Phi) is 2.28. The molecule has 1 rings (SSSR count). The lowest BCUT2D eigenvalue weighted by molar-refractivity contribution is -0.322. The van der Waals surface area contributed by atoms with E-state index in [2.05, 4.69) is 0 Å². The number of rotatable bonds is 2. The zero-order valence-corrected chi connectivity index (χ0v) is 6.10. The van der Waals surface area contributed by atoms with Crippen LogP contribution in [0.5, 0.6) is 0 Å². The van der Waals surface area contributed by atoms with Gasteiger partial charge in [-0.3, -0.25) is 0 Å². The second-order valence-corrected chi connectivity index (χ2v) is 2.46. The molecule has 0 amide bonds. The van der Waals surface area contributed by atoms with E-state index in [-0.39, 0.29) is 0 Å². The lowest BCUT2D eigenvalue weighted by Crippen LogP contribution is -2.42. The Hall–Kier alpha value is -1.58. The average Bonchev–Trinajstić information content (AvgIpc) is 2.04. The molecule has 0 bridgehead atoms. The highest BCUT2D eigenvalue weighted by Gasteiger charge is 2.20. The van der Waals surface area contributed by atoms with Crippen molar-refractivity contribution in [1.82, 2.24) is 0 Å². The first-order chi connectivity index (χ1) is 5.63. The minimum Gasteiger partial charge on any atom is -0.549 e. The summed E-state index contributed by atoms with van der Waals surface area (Å²) < 4.78 is 0. The van der Waals surface area contributed by atoms with Crippen LogP contribution in [0.15, 0.2) is 24.3 Å². The molecule has 0 heterocycles. The summed E-state index contributed by atoms with van der Waals surface area (Å²) in [5.74, 6) is -5.02. The monoisotopic (exact) mass is 166 g/mol. The lowest BCUT2D eigenvalue weighted by atomic mass is 9.89. The molecule has 2 atom stereocenters. The molecule has 0 radical (unpaired) electrons. The van der Waals surface area contributed by atoms with Crippen LogP contribution < -0.4 is 10.2 Å². The van der Waals surface area contributed by atoms with Gasteiger partial charge in [-0.1, -0.05) is 24.3 Å². The third-order valence-corrected chi connectivity index (χ3v) is 1.68. The van der Waals surface area contributed by atoms with Crippen LogP contribution >= 0.6 is 0 Å². The first-order valence-electron chi connectivity index (χ1n) is 3.39. The van der Waals surface area contributed by atoms with Crippen LogP contribution in [0, 0.1) is 11.8 Å². The number of hydrogen-bond donors (Lipinski definition) is 0. The minimum absolute atomic E-state index is 1.11. The summed E-state index contributed by atoms with van der Waals surface area (Å²) in [4.78, 5) is 20.8. The number of hydrogen-bond acceptors (Lipinski definition) is 4.